The maximum atomic E-state index is 4.87. The molecule has 0 heterocycles. The topological polar surface area (TPSA) is 0 Å². The predicted molar refractivity (Wildman–Crippen MR) is 27.4 cm³/mol. The van der Waals surface area contributed by atoms with Gasteiger partial charge in [0.25, 0.3) is 0 Å². The molecule has 0 N–H and O–H groups in total. The molecule has 0 aliphatic carbocycles. The molecule has 0 fully saturated rings. The molecule has 0 saturated carbocycles. The van der Waals surface area contributed by atoms with Crippen LogP contribution in [-0.4, -0.2) is 15.1 Å². The molecule has 0 aromatic rings. The fourth-order valence-corrected chi connectivity index (χ4v) is 0. The van der Waals surface area contributed by atoms with Crippen LogP contribution in [-0.2, 0) is 0 Å². The second-order valence-corrected chi connectivity index (χ2v) is 3.49. The van der Waals surface area contributed by atoms with Crippen molar-refractivity contribution in [2.24, 2.45) is 0 Å². The van der Waals surface area contributed by atoms with Gasteiger partial charge in [0, 0.05) is 0 Å². The molecule has 4 radical (unpaired) electrons. The SMILES string of the molecule is [B]P([B])Br. The minimum Gasteiger partial charge on any atom is -0.136 e. The zero-order valence-corrected chi connectivity index (χ0v) is 4.46. The van der Waals surface area contributed by atoms with Crippen LogP contribution in [0.1, 0.15) is 0 Å². The third-order valence-corrected chi connectivity index (χ3v) is 0. The summed E-state index contributed by atoms with van der Waals surface area (Å²) >= 11 is 2.89. The van der Waals surface area contributed by atoms with E-state index in [4.69, 9.17) is 15.1 Å². The monoisotopic (exact) mass is 132 g/mol. The summed E-state index contributed by atoms with van der Waals surface area (Å²) in [6.07, 6.45) is -0.808. The predicted octanol–water partition coefficient (Wildman–Crippen LogP) is 0.945. The highest BCUT2D eigenvalue weighted by Crippen LogP contribution is 2.30. The maximum Gasteiger partial charge on any atom is 0.110 e. The van der Waals surface area contributed by atoms with E-state index in [2.05, 4.69) is 15.5 Å². The van der Waals surface area contributed by atoms with Crippen LogP contribution in [0.25, 0.3) is 0 Å². The van der Waals surface area contributed by atoms with Gasteiger partial charge in [-0.05, 0) is 0 Å². The van der Waals surface area contributed by atoms with Crippen LogP contribution in [0.3, 0.4) is 0 Å². The van der Waals surface area contributed by atoms with Crippen LogP contribution in [0.5, 0.6) is 0 Å². The normalized spacial score (nSPS) is 8.50. The standard InChI is InChI=1S/B2BrP/c1-4(2)3. The Morgan fingerprint density at radius 1 is 1.50 bits per heavy atom. The van der Waals surface area contributed by atoms with Gasteiger partial charge < -0.3 is 0 Å². The Kier molecular flexibility index (Phi) is 2.88. The van der Waals surface area contributed by atoms with E-state index in [0.717, 1.165) is 0 Å². The molecule has 0 aromatic heterocycles. The molecule has 0 spiro atoms. The van der Waals surface area contributed by atoms with Gasteiger partial charge in [-0.15, -0.1) is 6.38 Å². The van der Waals surface area contributed by atoms with Crippen molar-refractivity contribution in [2.45, 2.75) is 0 Å². The zero-order chi connectivity index (χ0) is 3.58. The summed E-state index contributed by atoms with van der Waals surface area (Å²) in [5.41, 5.74) is 0. The largest absolute Gasteiger partial charge is 0.136 e. The summed E-state index contributed by atoms with van der Waals surface area (Å²) < 4.78 is 0. The van der Waals surface area contributed by atoms with Crippen molar-refractivity contribution in [2.75, 3.05) is 0 Å². The summed E-state index contributed by atoms with van der Waals surface area (Å²) in [6.45, 7) is 0. The van der Waals surface area contributed by atoms with Gasteiger partial charge in [-0.1, -0.05) is 15.5 Å². The van der Waals surface area contributed by atoms with E-state index in [0.29, 0.717) is 0 Å². The fraction of sp³-hybridized carbons (Fsp3) is 0. The molecular weight excluding hydrogens is 133 g/mol. The van der Waals surface area contributed by atoms with Crippen LogP contribution in [0, 0.1) is 0 Å². The van der Waals surface area contributed by atoms with Crippen LogP contribution in [0.15, 0.2) is 0 Å². The van der Waals surface area contributed by atoms with E-state index in [9.17, 15) is 0 Å². The Bertz CT molecular complexity index is 10.8. The first kappa shape index (κ1) is 5.04. The highest BCUT2D eigenvalue weighted by atomic mass is 79.9. The van der Waals surface area contributed by atoms with Gasteiger partial charge in [0.05, 0.1) is 0 Å². The van der Waals surface area contributed by atoms with Crippen molar-refractivity contribution in [3.63, 3.8) is 0 Å². The lowest BCUT2D eigenvalue weighted by molar-refractivity contribution is 4.73. The average Bonchev–Trinajstić information content (AvgIpc) is 0.811. The summed E-state index contributed by atoms with van der Waals surface area (Å²) in [5, 5.41) is 0. The van der Waals surface area contributed by atoms with Crippen molar-refractivity contribution < 1.29 is 0 Å². The molecule has 0 aliphatic rings. The fourth-order valence-electron chi connectivity index (χ4n) is 0. The molecule has 0 amide bonds. The molecule has 0 unspecified atom stereocenters. The number of hydrogen-bond acceptors (Lipinski definition) is 0. The number of hydrogen-bond donors (Lipinski definition) is 0. The van der Waals surface area contributed by atoms with E-state index in [1.54, 1.807) is 0 Å². The first-order valence-electron chi connectivity index (χ1n) is 0.685. The van der Waals surface area contributed by atoms with Gasteiger partial charge in [-0.25, -0.2) is 0 Å². The summed E-state index contributed by atoms with van der Waals surface area (Å²) in [6, 6.07) is 0. The van der Waals surface area contributed by atoms with E-state index in [1.165, 1.54) is 0 Å². The summed E-state index contributed by atoms with van der Waals surface area (Å²) in [5.74, 6) is 0. The Hall–Kier alpha value is 1.04. The van der Waals surface area contributed by atoms with Gasteiger partial charge in [0.2, 0.25) is 0 Å². The van der Waals surface area contributed by atoms with E-state index in [-0.39, 0.29) is 0 Å². The quantitative estimate of drug-likeness (QED) is 0.340. The van der Waals surface area contributed by atoms with Gasteiger partial charge in [-0.2, -0.15) is 0 Å². The van der Waals surface area contributed by atoms with Crippen LogP contribution < -0.4 is 0 Å². The summed E-state index contributed by atoms with van der Waals surface area (Å²) in [7, 11) is 9.74. The average molecular weight is 133 g/mol. The molecule has 0 aliphatic heterocycles. The molecule has 0 bridgehead atoms. The third-order valence-electron chi connectivity index (χ3n) is 0. The van der Waals surface area contributed by atoms with Crippen molar-refractivity contribution in [1.29, 1.82) is 0 Å². The lowest BCUT2D eigenvalue weighted by Gasteiger charge is -1.78. The second-order valence-electron chi connectivity index (χ2n) is 0.344. The molecule has 0 saturated heterocycles. The highest BCUT2D eigenvalue weighted by molar-refractivity contribution is 9.43. The van der Waals surface area contributed by atoms with E-state index >= 15 is 0 Å². The Morgan fingerprint density at radius 2 is 1.50 bits per heavy atom. The van der Waals surface area contributed by atoms with E-state index < -0.39 is 6.38 Å². The Labute approximate surface area is 37.6 Å². The van der Waals surface area contributed by atoms with E-state index in [1.807, 2.05) is 0 Å². The first-order valence-corrected chi connectivity index (χ1v) is 4.18. The molecule has 0 rings (SSSR count). The maximum absolute atomic E-state index is 4.87. The smallest absolute Gasteiger partial charge is 0.110 e. The molecule has 0 nitrogen and oxygen atoms in total. The number of rotatable bonds is 0. The van der Waals surface area contributed by atoms with Gasteiger partial charge in [0.1, 0.15) is 15.1 Å². The van der Waals surface area contributed by atoms with Crippen LogP contribution >= 0.6 is 21.9 Å². The molecule has 0 aromatic carbocycles. The van der Waals surface area contributed by atoms with Crippen molar-refractivity contribution in [3.8, 4) is 0 Å². The molecule has 4 heavy (non-hydrogen) atoms. The number of halogens is 1. The Morgan fingerprint density at radius 3 is 1.50 bits per heavy atom. The molecule has 18 valence electrons. The minimum absolute atomic E-state index is 0.808. The lowest BCUT2D eigenvalue weighted by Crippen LogP contribution is -1.45. The second kappa shape index (κ2) is 2.29. The first-order chi connectivity index (χ1) is 1.73. The van der Waals surface area contributed by atoms with Gasteiger partial charge >= 0.3 is 0 Å². The minimum atomic E-state index is -0.808. The van der Waals surface area contributed by atoms with Crippen LogP contribution in [0.4, 0.5) is 0 Å². The van der Waals surface area contributed by atoms with Gasteiger partial charge in [-0.3, -0.25) is 0 Å². The molecular formula is B2BrP. The lowest BCUT2D eigenvalue weighted by atomic mass is 10.7. The molecule has 0 atom stereocenters. The van der Waals surface area contributed by atoms with Crippen molar-refractivity contribution in [1.82, 2.24) is 0 Å². The zero-order valence-electron chi connectivity index (χ0n) is 1.98. The van der Waals surface area contributed by atoms with Gasteiger partial charge in [0.15, 0.2) is 0 Å². The van der Waals surface area contributed by atoms with Crippen molar-refractivity contribution >= 4 is 37.0 Å². The van der Waals surface area contributed by atoms with Crippen LogP contribution in [0.2, 0.25) is 0 Å². The third kappa shape index (κ3) is 11.7. The summed E-state index contributed by atoms with van der Waals surface area (Å²) in [4.78, 5) is 0. The molecule has 4 heteroatoms. The Balaban J connectivity index is 2.32. The highest BCUT2D eigenvalue weighted by Gasteiger charge is 1.69. The van der Waals surface area contributed by atoms with Crippen molar-refractivity contribution in [3.05, 3.63) is 0 Å².